The lowest BCUT2D eigenvalue weighted by molar-refractivity contribution is -0.171. The quantitative estimate of drug-likeness (QED) is 0.418. The van der Waals surface area contributed by atoms with Gasteiger partial charge in [-0.3, -0.25) is 14.7 Å². The van der Waals surface area contributed by atoms with Crippen molar-refractivity contribution in [1.29, 1.82) is 0 Å². The predicted molar refractivity (Wildman–Crippen MR) is 133 cm³/mol. The Morgan fingerprint density at radius 1 is 1.08 bits per heavy atom. The van der Waals surface area contributed by atoms with E-state index in [1.165, 1.54) is 17.6 Å². The molecule has 6 rings (SSSR count). The van der Waals surface area contributed by atoms with Crippen LogP contribution in [0.1, 0.15) is 37.8 Å². The number of rotatable bonds is 6. The van der Waals surface area contributed by atoms with E-state index in [9.17, 15) is 19.5 Å². The van der Waals surface area contributed by atoms with Crippen molar-refractivity contribution in [3.05, 3.63) is 48.5 Å². The van der Waals surface area contributed by atoms with E-state index in [-0.39, 0.29) is 5.82 Å². The van der Waals surface area contributed by atoms with Crippen LogP contribution in [0.4, 0.5) is 10.6 Å². The summed E-state index contributed by atoms with van der Waals surface area (Å²) in [7, 11) is 0. The monoisotopic (exact) mass is 537 g/mol. The zero-order valence-electron chi connectivity index (χ0n) is 21.0. The standard InChI is InChI=1S/C25H27N7O7/c1-2-26-25(36)30-19-15-20(28-11-27-19)32(12-29-15)22-18-16(38-24(39-18)13-7-4-3-5-8-13)17(37-22)21(33)31-10-6-9-14(31)23(34)35/h3-5,7-8,11-12,14,16-18,22,24H,2,6,9-10H2,1H3,(H,34,35)(H2,26,27,28,30,36)/t14?,16?,17?,18?,22?,24-/m0/s1. The molecule has 3 amide bonds. The minimum absolute atomic E-state index is 0.207. The molecule has 6 atom stereocenters. The minimum atomic E-state index is -1.11. The predicted octanol–water partition coefficient (Wildman–Crippen LogP) is 1.42. The summed E-state index contributed by atoms with van der Waals surface area (Å²) in [5.74, 6) is -1.31. The number of imidazole rings is 1. The number of aliphatic carboxylic acids is 1. The topological polar surface area (TPSA) is 170 Å². The highest BCUT2D eigenvalue weighted by Crippen LogP contribution is 2.45. The van der Waals surface area contributed by atoms with Crippen molar-refractivity contribution >= 4 is 34.9 Å². The average Bonchev–Trinajstić information content (AvgIpc) is 3.72. The molecular weight excluding hydrogens is 510 g/mol. The third-order valence-corrected chi connectivity index (χ3v) is 7.09. The van der Waals surface area contributed by atoms with Crippen molar-refractivity contribution in [2.75, 3.05) is 18.4 Å². The van der Waals surface area contributed by atoms with E-state index in [0.29, 0.717) is 37.1 Å². The molecule has 14 nitrogen and oxygen atoms in total. The third-order valence-electron chi connectivity index (χ3n) is 7.09. The van der Waals surface area contributed by atoms with Gasteiger partial charge in [0, 0.05) is 18.7 Å². The molecule has 0 bridgehead atoms. The van der Waals surface area contributed by atoms with Crippen LogP contribution in [0.25, 0.3) is 11.2 Å². The summed E-state index contributed by atoms with van der Waals surface area (Å²) < 4.78 is 20.4. The van der Waals surface area contributed by atoms with E-state index in [1.807, 2.05) is 30.3 Å². The van der Waals surface area contributed by atoms with E-state index in [4.69, 9.17) is 14.2 Å². The molecule has 1 aromatic carbocycles. The maximum atomic E-state index is 13.7. The number of carboxylic acids is 1. The summed E-state index contributed by atoms with van der Waals surface area (Å²) in [6.07, 6.45) is -0.556. The first-order valence-electron chi connectivity index (χ1n) is 12.7. The second-order valence-corrected chi connectivity index (χ2v) is 9.45. The summed E-state index contributed by atoms with van der Waals surface area (Å²) in [5.41, 5.74) is 1.44. The van der Waals surface area contributed by atoms with Crippen LogP contribution in [0.2, 0.25) is 0 Å². The third kappa shape index (κ3) is 4.45. The first-order valence-corrected chi connectivity index (χ1v) is 12.7. The van der Waals surface area contributed by atoms with Gasteiger partial charge in [-0.05, 0) is 19.8 Å². The molecule has 2 aromatic heterocycles. The van der Waals surface area contributed by atoms with Gasteiger partial charge >= 0.3 is 12.0 Å². The Kier molecular flexibility index (Phi) is 6.58. The van der Waals surface area contributed by atoms with Crippen LogP contribution in [0.5, 0.6) is 0 Å². The minimum Gasteiger partial charge on any atom is -0.480 e. The number of fused-ring (bicyclic) bond motifs is 2. The van der Waals surface area contributed by atoms with Gasteiger partial charge in [0.25, 0.3) is 5.91 Å². The van der Waals surface area contributed by atoms with Gasteiger partial charge in [0.1, 0.15) is 24.6 Å². The van der Waals surface area contributed by atoms with E-state index >= 15 is 0 Å². The Morgan fingerprint density at radius 2 is 1.87 bits per heavy atom. The zero-order valence-corrected chi connectivity index (χ0v) is 21.0. The lowest BCUT2D eigenvalue weighted by atomic mass is 10.1. The molecule has 5 unspecified atom stereocenters. The van der Waals surface area contributed by atoms with Crippen LogP contribution in [-0.2, 0) is 23.8 Å². The van der Waals surface area contributed by atoms with Crippen molar-refractivity contribution in [2.24, 2.45) is 0 Å². The number of benzene rings is 1. The highest BCUT2D eigenvalue weighted by molar-refractivity contribution is 5.95. The molecule has 3 saturated heterocycles. The molecule has 0 spiro atoms. The first kappa shape index (κ1) is 25.2. The van der Waals surface area contributed by atoms with Crippen LogP contribution < -0.4 is 10.6 Å². The molecular formula is C25H27N7O7. The van der Waals surface area contributed by atoms with E-state index < -0.39 is 54.8 Å². The summed E-state index contributed by atoms with van der Waals surface area (Å²) in [6.45, 7) is 2.54. The number of hydrogen-bond acceptors (Lipinski definition) is 9. The lowest BCUT2D eigenvalue weighted by Crippen LogP contribution is -2.49. The van der Waals surface area contributed by atoms with Crippen LogP contribution in [0.15, 0.2) is 43.0 Å². The molecule has 3 aromatic rings. The molecule has 0 aliphatic carbocycles. The van der Waals surface area contributed by atoms with Crippen LogP contribution in [0, 0.1) is 0 Å². The Labute approximate surface area is 222 Å². The Balaban J connectivity index is 1.34. The number of nitrogens with one attached hydrogen (secondary N) is 2. The fraction of sp³-hybridized carbons (Fsp3) is 0.440. The van der Waals surface area contributed by atoms with E-state index in [2.05, 4.69) is 25.6 Å². The first-order chi connectivity index (χ1) is 19.0. The summed E-state index contributed by atoms with van der Waals surface area (Å²) in [6, 6.07) is 7.95. The molecule has 3 N–H and O–H groups in total. The van der Waals surface area contributed by atoms with Crippen molar-refractivity contribution < 1.29 is 33.7 Å². The SMILES string of the molecule is CCNC(=O)Nc1ncnc2c1ncn2C1OC(C(=O)N2CCCC2C(=O)O)C2O[C@H](c3ccccc3)OC21. The van der Waals surface area contributed by atoms with E-state index in [0.717, 1.165) is 5.56 Å². The number of hydrogen-bond donors (Lipinski definition) is 3. The van der Waals surface area contributed by atoms with Gasteiger partial charge in [-0.25, -0.2) is 24.5 Å². The molecule has 204 valence electrons. The molecule has 5 heterocycles. The second-order valence-electron chi connectivity index (χ2n) is 9.45. The number of anilines is 1. The van der Waals surface area contributed by atoms with Gasteiger partial charge in [0.2, 0.25) is 0 Å². The lowest BCUT2D eigenvalue weighted by Gasteiger charge is -2.27. The molecule has 3 aliphatic rings. The highest BCUT2D eigenvalue weighted by atomic mass is 16.8. The number of carbonyl (C=O) groups excluding carboxylic acids is 2. The smallest absolute Gasteiger partial charge is 0.326 e. The van der Waals surface area contributed by atoms with Gasteiger partial charge in [0.05, 0.1) is 6.33 Å². The average molecular weight is 538 g/mol. The fourth-order valence-electron chi connectivity index (χ4n) is 5.33. The van der Waals surface area contributed by atoms with Gasteiger partial charge in [-0.2, -0.15) is 0 Å². The maximum absolute atomic E-state index is 13.7. The van der Waals surface area contributed by atoms with E-state index in [1.54, 1.807) is 11.5 Å². The molecule has 39 heavy (non-hydrogen) atoms. The van der Waals surface area contributed by atoms with Gasteiger partial charge in [-0.15, -0.1) is 0 Å². The number of carbonyl (C=O) groups is 3. The maximum Gasteiger partial charge on any atom is 0.326 e. The molecule has 3 aliphatic heterocycles. The van der Waals surface area contributed by atoms with Crippen molar-refractivity contribution in [1.82, 2.24) is 29.7 Å². The summed E-state index contributed by atoms with van der Waals surface area (Å²) in [5, 5.41) is 14.9. The Morgan fingerprint density at radius 3 is 2.64 bits per heavy atom. The van der Waals surface area contributed by atoms with Crippen LogP contribution in [-0.4, -0.2) is 84.9 Å². The fourth-order valence-corrected chi connectivity index (χ4v) is 5.33. The number of likely N-dealkylation sites (tertiary alicyclic amines) is 1. The largest absolute Gasteiger partial charge is 0.480 e. The summed E-state index contributed by atoms with van der Waals surface area (Å²) in [4.78, 5) is 51.8. The van der Waals surface area contributed by atoms with Crippen molar-refractivity contribution in [3.8, 4) is 0 Å². The molecule has 0 radical (unpaired) electrons. The molecule has 0 saturated carbocycles. The normalized spacial score (nSPS) is 28.0. The number of carboxylic acid groups (broad SMARTS) is 1. The van der Waals surface area contributed by atoms with Gasteiger partial charge in [-0.1, -0.05) is 30.3 Å². The van der Waals surface area contributed by atoms with Gasteiger partial charge in [0.15, 0.2) is 35.6 Å². The number of ether oxygens (including phenoxy) is 3. The number of nitrogens with zero attached hydrogens (tertiary/aromatic N) is 5. The molecule has 14 heteroatoms. The number of urea groups is 1. The second kappa shape index (κ2) is 10.2. The Bertz CT molecular complexity index is 1400. The Hall–Kier alpha value is -4.14. The number of amides is 3. The van der Waals surface area contributed by atoms with Gasteiger partial charge < -0.3 is 29.5 Å². The zero-order chi connectivity index (χ0) is 27.1. The number of aromatic nitrogens is 4. The van der Waals surface area contributed by atoms with Crippen LogP contribution in [0.3, 0.4) is 0 Å². The summed E-state index contributed by atoms with van der Waals surface area (Å²) >= 11 is 0. The highest BCUT2D eigenvalue weighted by Gasteiger charge is 2.58. The molecule has 3 fully saturated rings. The van der Waals surface area contributed by atoms with Crippen LogP contribution >= 0.6 is 0 Å². The van der Waals surface area contributed by atoms with Crippen molar-refractivity contribution in [2.45, 2.75) is 56.6 Å². The van der Waals surface area contributed by atoms with Crippen molar-refractivity contribution in [3.63, 3.8) is 0 Å².